The molecule has 0 N–H and O–H groups in total. The van der Waals surface area contributed by atoms with Gasteiger partial charge in [-0.05, 0) is 69.2 Å². The Morgan fingerprint density at radius 2 is 1.74 bits per heavy atom. The van der Waals surface area contributed by atoms with Crippen molar-refractivity contribution in [2.24, 2.45) is 0 Å². The fraction of sp³-hybridized carbons (Fsp3) is 0.414. The van der Waals surface area contributed by atoms with Crippen LogP contribution in [0.5, 0.6) is 0 Å². The molecule has 2 aromatic heterocycles. The van der Waals surface area contributed by atoms with Gasteiger partial charge in [0, 0.05) is 22.7 Å². The lowest BCUT2D eigenvalue weighted by Gasteiger charge is -2.25. The monoisotopic (exact) mass is 459 g/mol. The van der Waals surface area contributed by atoms with E-state index < -0.39 is 0 Å². The van der Waals surface area contributed by atoms with Crippen LogP contribution in [-0.2, 0) is 4.74 Å². The standard InChI is InChI=1S/C26H27N3O2.C2H6.CH4/c1-3-31-26(30)20-12-14-24-23(16-20)28-25(29(24)21-7-5-4-6-8-21)19-11-13-22-18(15-19)10-9-17(2)27-22;1-2;/h9-16,21H,3-8H2,1-2H3;1-2H3;1H4. The van der Waals surface area contributed by atoms with E-state index in [9.17, 15) is 4.79 Å². The number of imidazole rings is 1. The molecule has 0 spiro atoms. The van der Waals surface area contributed by atoms with Crippen LogP contribution in [0.2, 0.25) is 0 Å². The Morgan fingerprint density at radius 3 is 2.47 bits per heavy atom. The molecule has 5 nitrogen and oxygen atoms in total. The van der Waals surface area contributed by atoms with Crippen molar-refractivity contribution >= 4 is 27.9 Å². The minimum Gasteiger partial charge on any atom is -0.462 e. The summed E-state index contributed by atoms with van der Waals surface area (Å²) in [4.78, 5) is 21.9. The van der Waals surface area contributed by atoms with E-state index in [4.69, 9.17) is 9.72 Å². The number of carbonyl (C=O) groups excluding carboxylic acids is 1. The summed E-state index contributed by atoms with van der Waals surface area (Å²) in [6, 6.07) is 16.7. The van der Waals surface area contributed by atoms with Crippen LogP contribution in [0.1, 0.15) is 82.4 Å². The first-order valence-corrected chi connectivity index (χ1v) is 12.2. The van der Waals surface area contributed by atoms with Gasteiger partial charge in [0.1, 0.15) is 5.82 Å². The van der Waals surface area contributed by atoms with Gasteiger partial charge in [0.2, 0.25) is 0 Å². The van der Waals surface area contributed by atoms with Gasteiger partial charge in [-0.2, -0.15) is 0 Å². The van der Waals surface area contributed by atoms with Crippen molar-refractivity contribution in [2.45, 2.75) is 73.3 Å². The zero-order valence-electron chi connectivity index (χ0n) is 20.1. The number of nitrogens with zero attached hydrogens (tertiary/aromatic N) is 3. The van der Waals surface area contributed by atoms with Crippen LogP contribution < -0.4 is 0 Å². The van der Waals surface area contributed by atoms with Gasteiger partial charge in [0.15, 0.2) is 0 Å². The molecule has 0 unspecified atom stereocenters. The summed E-state index contributed by atoms with van der Waals surface area (Å²) in [6.07, 6.45) is 6.10. The minimum absolute atomic E-state index is 0. The van der Waals surface area contributed by atoms with Gasteiger partial charge in [-0.3, -0.25) is 4.98 Å². The second-order valence-electron chi connectivity index (χ2n) is 8.38. The van der Waals surface area contributed by atoms with Gasteiger partial charge >= 0.3 is 5.97 Å². The molecule has 0 atom stereocenters. The van der Waals surface area contributed by atoms with E-state index in [1.807, 2.05) is 52.0 Å². The Morgan fingerprint density at radius 1 is 0.971 bits per heavy atom. The third-order valence-electron chi connectivity index (χ3n) is 6.23. The van der Waals surface area contributed by atoms with Crippen molar-refractivity contribution in [3.8, 4) is 11.4 Å². The average Bonchev–Trinajstić information content (AvgIpc) is 3.24. The molecule has 0 bridgehead atoms. The van der Waals surface area contributed by atoms with Crippen molar-refractivity contribution in [1.82, 2.24) is 14.5 Å². The van der Waals surface area contributed by atoms with Gasteiger partial charge in [-0.1, -0.05) is 46.6 Å². The largest absolute Gasteiger partial charge is 0.462 e. The number of benzene rings is 2. The Balaban J connectivity index is 0.00000105. The van der Waals surface area contributed by atoms with Gasteiger partial charge in [0.25, 0.3) is 0 Å². The van der Waals surface area contributed by atoms with E-state index >= 15 is 0 Å². The number of carbonyl (C=O) groups is 1. The third-order valence-corrected chi connectivity index (χ3v) is 6.23. The summed E-state index contributed by atoms with van der Waals surface area (Å²) in [5, 5.41) is 1.11. The summed E-state index contributed by atoms with van der Waals surface area (Å²) in [5.74, 6) is 0.663. The number of rotatable bonds is 4. The highest BCUT2D eigenvalue weighted by molar-refractivity contribution is 5.95. The predicted octanol–water partition coefficient (Wildman–Crippen LogP) is 7.90. The van der Waals surface area contributed by atoms with Crippen LogP contribution in [0.3, 0.4) is 0 Å². The van der Waals surface area contributed by atoms with Gasteiger partial charge in [0.05, 0.1) is 28.7 Å². The Labute approximate surface area is 203 Å². The highest BCUT2D eigenvalue weighted by Gasteiger charge is 2.23. The molecule has 5 heteroatoms. The van der Waals surface area contributed by atoms with Crippen LogP contribution in [0.15, 0.2) is 48.5 Å². The van der Waals surface area contributed by atoms with E-state index in [0.29, 0.717) is 18.2 Å². The predicted molar refractivity (Wildman–Crippen MR) is 141 cm³/mol. The van der Waals surface area contributed by atoms with Crippen molar-refractivity contribution in [2.75, 3.05) is 6.61 Å². The highest BCUT2D eigenvalue weighted by Crippen LogP contribution is 2.36. The normalized spacial score (nSPS) is 13.8. The number of ether oxygens (including phenoxy) is 1. The molecule has 0 aliphatic heterocycles. The summed E-state index contributed by atoms with van der Waals surface area (Å²) < 4.78 is 7.59. The molecule has 1 aliphatic rings. The van der Waals surface area contributed by atoms with Crippen LogP contribution >= 0.6 is 0 Å². The summed E-state index contributed by atoms with van der Waals surface area (Å²) >= 11 is 0. The van der Waals surface area contributed by atoms with E-state index in [0.717, 1.165) is 51.9 Å². The fourth-order valence-electron chi connectivity index (χ4n) is 4.72. The van der Waals surface area contributed by atoms with Crippen LogP contribution in [0, 0.1) is 6.92 Å². The quantitative estimate of drug-likeness (QED) is 0.291. The Hall–Kier alpha value is -3.21. The highest BCUT2D eigenvalue weighted by atomic mass is 16.5. The van der Waals surface area contributed by atoms with Crippen LogP contribution in [0.4, 0.5) is 0 Å². The zero-order chi connectivity index (χ0) is 23.4. The molecule has 2 heterocycles. The van der Waals surface area contributed by atoms with E-state index in [2.05, 4.69) is 33.8 Å². The molecule has 2 aromatic carbocycles. The molecule has 0 radical (unpaired) electrons. The SMILES string of the molecule is C.CC.CCOC(=O)c1ccc2c(c1)nc(-c1ccc3nc(C)ccc3c1)n2C1CCCCC1. The van der Waals surface area contributed by atoms with Gasteiger partial charge in [-0.15, -0.1) is 0 Å². The maximum Gasteiger partial charge on any atom is 0.338 e. The molecule has 1 fully saturated rings. The fourth-order valence-corrected chi connectivity index (χ4v) is 4.72. The maximum atomic E-state index is 12.3. The third kappa shape index (κ3) is 4.98. The first kappa shape index (κ1) is 25.4. The van der Waals surface area contributed by atoms with E-state index in [-0.39, 0.29) is 13.4 Å². The van der Waals surface area contributed by atoms with Crippen molar-refractivity contribution in [3.63, 3.8) is 0 Å². The zero-order valence-corrected chi connectivity index (χ0v) is 20.1. The van der Waals surface area contributed by atoms with Gasteiger partial charge in [-0.25, -0.2) is 9.78 Å². The lowest BCUT2D eigenvalue weighted by atomic mass is 9.94. The molecular weight excluding hydrogens is 422 g/mol. The summed E-state index contributed by atoms with van der Waals surface area (Å²) in [7, 11) is 0. The Bertz CT molecular complexity index is 1270. The number of aromatic nitrogens is 3. The first-order chi connectivity index (χ1) is 16.1. The number of hydrogen-bond donors (Lipinski definition) is 0. The van der Waals surface area contributed by atoms with Crippen LogP contribution in [-0.4, -0.2) is 27.1 Å². The lowest BCUT2D eigenvalue weighted by Crippen LogP contribution is -2.14. The topological polar surface area (TPSA) is 57.0 Å². The average molecular weight is 460 g/mol. The number of fused-ring (bicyclic) bond motifs is 2. The van der Waals surface area contributed by atoms with Crippen LogP contribution in [0.25, 0.3) is 33.3 Å². The first-order valence-electron chi connectivity index (χ1n) is 12.2. The number of aryl methyl sites for hydroxylation is 1. The molecule has 4 aromatic rings. The molecule has 1 aliphatic carbocycles. The number of esters is 1. The second-order valence-corrected chi connectivity index (χ2v) is 8.38. The van der Waals surface area contributed by atoms with Crippen molar-refractivity contribution < 1.29 is 9.53 Å². The second kappa shape index (κ2) is 11.3. The summed E-state index contributed by atoms with van der Waals surface area (Å²) in [5.41, 5.74) is 5.56. The van der Waals surface area contributed by atoms with Crippen molar-refractivity contribution in [1.29, 1.82) is 0 Å². The van der Waals surface area contributed by atoms with E-state index in [1.165, 1.54) is 19.3 Å². The number of pyridine rings is 1. The number of hydrogen-bond acceptors (Lipinski definition) is 4. The molecule has 0 saturated heterocycles. The molecule has 1 saturated carbocycles. The molecule has 180 valence electrons. The van der Waals surface area contributed by atoms with Crippen molar-refractivity contribution in [3.05, 3.63) is 59.8 Å². The van der Waals surface area contributed by atoms with E-state index in [1.54, 1.807) is 0 Å². The smallest absolute Gasteiger partial charge is 0.338 e. The molecule has 34 heavy (non-hydrogen) atoms. The lowest BCUT2D eigenvalue weighted by molar-refractivity contribution is 0.0526. The molecular formula is C29H37N3O2. The molecule has 0 amide bonds. The summed E-state index contributed by atoms with van der Waals surface area (Å²) in [6.45, 7) is 8.20. The molecule has 5 rings (SSSR count). The maximum absolute atomic E-state index is 12.3. The van der Waals surface area contributed by atoms with Gasteiger partial charge < -0.3 is 9.30 Å². The Kier molecular flexibility index (Phi) is 8.43. The minimum atomic E-state index is -0.301.